The van der Waals surface area contributed by atoms with Gasteiger partial charge in [-0.3, -0.25) is 4.99 Å². The average molecular weight is 155 g/mol. The van der Waals surface area contributed by atoms with Crippen LogP contribution in [0.5, 0.6) is 0 Å². The van der Waals surface area contributed by atoms with E-state index in [9.17, 15) is 0 Å². The number of hydrogen-bond donors (Lipinski definition) is 0. The maximum absolute atomic E-state index is 4.29. The lowest BCUT2D eigenvalue weighted by Crippen LogP contribution is -2.22. The molecule has 0 radical (unpaired) electrons. The Labute approximate surface area is 70.9 Å². The Morgan fingerprint density at radius 3 is 2.27 bits per heavy atom. The Balaban J connectivity index is 4.08. The molecule has 0 spiro atoms. The van der Waals surface area contributed by atoms with Gasteiger partial charge in [0.15, 0.2) is 0 Å². The summed E-state index contributed by atoms with van der Waals surface area (Å²) < 4.78 is 0. The van der Waals surface area contributed by atoms with Crippen LogP contribution in [0.15, 0.2) is 4.99 Å². The third-order valence-electron chi connectivity index (χ3n) is 2.49. The first-order valence-corrected chi connectivity index (χ1v) is 4.55. The SMILES string of the molecule is CC/N=C\C(C)(C)C(C)CC. The minimum atomic E-state index is 0.269. The third kappa shape index (κ3) is 3.54. The molecule has 0 aromatic rings. The zero-order valence-electron chi connectivity index (χ0n) is 8.52. The van der Waals surface area contributed by atoms with Crippen molar-refractivity contribution in [3.8, 4) is 0 Å². The van der Waals surface area contributed by atoms with Crippen LogP contribution in [-0.2, 0) is 0 Å². The van der Waals surface area contributed by atoms with E-state index in [-0.39, 0.29) is 5.41 Å². The molecule has 0 N–H and O–H groups in total. The summed E-state index contributed by atoms with van der Waals surface area (Å²) in [6.07, 6.45) is 3.32. The van der Waals surface area contributed by atoms with Gasteiger partial charge in [0.2, 0.25) is 0 Å². The van der Waals surface area contributed by atoms with Crippen LogP contribution in [0, 0.1) is 11.3 Å². The first-order valence-electron chi connectivity index (χ1n) is 4.55. The topological polar surface area (TPSA) is 12.4 Å². The standard InChI is InChI=1S/C10H21N/c1-6-9(3)10(4,5)8-11-7-2/h8-9H,6-7H2,1-5H3/b11-8-. The maximum atomic E-state index is 4.29. The van der Waals surface area contributed by atoms with Gasteiger partial charge in [-0.05, 0) is 12.8 Å². The highest BCUT2D eigenvalue weighted by atomic mass is 14.7. The lowest BCUT2D eigenvalue weighted by atomic mass is 9.80. The Bertz CT molecular complexity index is 125. The van der Waals surface area contributed by atoms with Crippen molar-refractivity contribution in [3.05, 3.63) is 0 Å². The summed E-state index contributed by atoms with van der Waals surface area (Å²) in [5.41, 5.74) is 0.269. The van der Waals surface area contributed by atoms with E-state index in [0.717, 1.165) is 12.5 Å². The highest BCUT2D eigenvalue weighted by Gasteiger charge is 2.21. The molecule has 1 unspecified atom stereocenters. The van der Waals surface area contributed by atoms with Gasteiger partial charge in [-0.25, -0.2) is 0 Å². The van der Waals surface area contributed by atoms with Gasteiger partial charge in [-0.2, -0.15) is 0 Å². The zero-order chi connectivity index (χ0) is 8.91. The normalized spacial score (nSPS) is 15.7. The molecule has 0 aliphatic carbocycles. The lowest BCUT2D eigenvalue weighted by molar-refractivity contribution is 0.334. The van der Waals surface area contributed by atoms with Gasteiger partial charge >= 0.3 is 0 Å². The number of hydrogen-bond acceptors (Lipinski definition) is 1. The molecule has 11 heavy (non-hydrogen) atoms. The molecular weight excluding hydrogens is 134 g/mol. The summed E-state index contributed by atoms with van der Waals surface area (Å²) in [5, 5.41) is 0. The lowest BCUT2D eigenvalue weighted by Gasteiger charge is -2.26. The monoisotopic (exact) mass is 155 g/mol. The molecule has 0 amide bonds. The summed E-state index contributed by atoms with van der Waals surface area (Å²) in [5.74, 6) is 0.720. The van der Waals surface area contributed by atoms with Crippen LogP contribution < -0.4 is 0 Å². The van der Waals surface area contributed by atoms with Crippen molar-refractivity contribution >= 4 is 6.21 Å². The van der Waals surface area contributed by atoms with Crippen molar-refractivity contribution in [2.45, 2.75) is 41.0 Å². The zero-order valence-corrected chi connectivity index (χ0v) is 8.52. The van der Waals surface area contributed by atoms with E-state index in [2.05, 4.69) is 45.8 Å². The molecule has 0 rings (SSSR count). The van der Waals surface area contributed by atoms with Crippen LogP contribution in [0.4, 0.5) is 0 Å². The van der Waals surface area contributed by atoms with Gasteiger partial charge in [-0.1, -0.05) is 34.1 Å². The Morgan fingerprint density at radius 2 is 1.91 bits per heavy atom. The number of rotatable bonds is 4. The van der Waals surface area contributed by atoms with E-state index < -0.39 is 0 Å². The van der Waals surface area contributed by atoms with Gasteiger partial charge in [0.1, 0.15) is 0 Å². The van der Waals surface area contributed by atoms with Crippen molar-refractivity contribution in [2.24, 2.45) is 16.3 Å². The van der Waals surface area contributed by atoms with Crippen LogP contribution in [-0.4, -0.2) is 12.8 Å². The molecule has 0 bridgehead atoms. The maximum Gasteiger partial charge on any atom is 0.0357 e. The van der Waals surface area contributed by atoms with Gasteiger partial charge in [-0.15, -0.1) is 0 Å². The van der Waals surface area contributed by atoms with Crippen LogP contribution in [0.25, 0.3) is 0 Å². The fraction of sp³-hybridized carbons (Fsp3) is 0.900. The molecule has 0 fully saturated rings. The molecule has 1 heteroatoms. The highest BCUT2D eigenvalue weighted by molar-refractivity contribution is 5.64. The van der Waals surface area contributed by atoms with E-state index >= 15 is 0 Å². The minimum absolute atomic E-state index is 0.269. The minimum Gasteiger partial charge on any atom is -0.297 e. The second-order valence-corrected chi connectivity index (χ2v) is 3.76. The number of nitrogens with zero attached hydrogens (tertiary/aromatic N) is 1. The molecule has 1 nitrogen and oxygen atoms in total. The van der Waals surface area contributed by atoms with E-state index in [0.29, 0.717) is 0 Å². The fourth-order valence-electron chi connectivity index (χ4n) is 0.980. The highest BCUT2D eigenvalue weighted by Crippen LogP contribution is 2.26. The summed E-state index contributed by atoms with van der Waals surface area (Å²) in [4.78, 5) is 4.29. The molecule has 66 valence electrons. The molecular formula is C10H21N. The van der Waals surface area contributed by atoms with E-state index in [1.165, 1.54) is 6.42 Å². The van der Waals surface area contributed by atoms with Crippen LogP contribution in [0.2, 0.25) is 0 Å². The average Bonchev–Trinajstić information content (AvgIpc) is 1.99. The first-order chi connectivity index (χ1) is 5.04. The summed E-state index contributed by atoms with van der Waals surface area (Å²) in [6, 6.07) is 0. The predicted octanol–water partition coefficient (Wildman–Crippen LogP) is 3.15. The molecule has 0 aromatic carbocycles. The molecule has 0 saturated carbocycles. The van der Waals surface area contributed by atoms with Crippen LogP contribution in [0.1, 0.15) is 41.0 Å². The summed E-state index contributed by atoms with van der Waals surface area (Å²) in [7, 11) is 0. The largest absolute Gasteiger partial charge is 0.297 e. The van der Waals surface area contributed by atoms with Crippen molar-refractivity contribution in [1.29, 1.82) is 0 Å². The van der Waals surface area contributed by atoms with Crippen molar-refractivity contribution in [3.63, 3.8) is 0 Å². The molecule has 1 atom stereocenters. The van der Waals surface area contributed by atoms with Gasteiger partial charge in [0.05, 0.1) is 0 Å². The Hall–Kier alpha value is -0.330. The second kappa shape index (κ2) is 4.53. The van der Waals surface area contributed by atoms with Crippen LogP contribution >= 0.6 is 0 Å². The smallest absolute Gasteiger partial charge is 0.0357 e. The van der Waals surface area contributed by atoms with Gasteiger partial charge < -0.3 is 0 Å². The Morgan fingerprint density at radius 1 is 1.36 bits per heavy atom. The number of aliphatic imine (C=N–C) groups is 1. The quantitative estimate of drug-likeness (QED) is 0.553. The molecule has 0 aromatic heterocycles. The fourth-order valence-corrected chi connectivity index (χ4v) is 0.980. The van der Waals surface area contributed by atoms with Gasteiger partial charge in [0, 0.05) is 18.2 Å². The molecule has 0 saturated heterocycles. The summed E-state index contributed by atoms with van der Waals surface area (Å²) >= 11 is 0. The van der Waals surface area contributed by atoms with Crippen LogP contribution in [0.3, 0.4) is 0 Å². The summed E-state index contributed by atoms with van der Waals surface area (Å²) in [6.45, 7) is 12.0. The van der Waals surface area contributed by atoms with E-state index in [1.807, 2.05) is 0 Å². The Kier molecular flexibility index (Phi) is 4.39. The van der Waals surface area contributed by atoms with E-state index in [4.69, 9.17) is 0 Å². The van der Waals surface area contributed by atoms with Gasteiger partial charge in [0.25, 0.3) is 0 Å². The first kappa shape index (κ1) is 10.7. The molecule has 0 aliphatic heterocycles. The van der Waals surface area contributed by atoms with E-state index in [1.54, 1.807) is 0 Å². The van der Waals surface area contributed by atoms with Crippen molar-refractivity contribution in [1.82, 2.24) is 0 Å². The molecule has 0 heterocycles. The van der Waals surface area contributed by atoms with Crippen molar-refractivity contribution in [2.75, 3.05) is 6.54 Å². The predicted molar refractivity (Wildman–Crippen MR) is 52.3 cm³/mol. The third-order valence-corrected chi connectivity index (χ3v) is 2.49. The van der Waals surface area contributed by atoms with Crippen molar-refractivity contribution < 1.29 is 0 Å². The molecule has 0 aliphatic rings. The second-order valence-electron chi connectivity index (χ2n) is 3.76.